The van der Waals surface area contributed by atoms with Crippen LogP contribution in [0, 0.1) is 12.3 Å². The summed E-state index contributed by atoms with van der Waals surface area (Å²) in [6.07, 6.45) is 3.43. The van der Waals surface area contributed by atoms with Gasteiger partial charge in [0.05, 0.1) is 16.8 Å². The summed E-state index contributed by atoms with van der Waals surface area (Å²) in [7, 11) is 0. The molecule has 0 radical (unpaired) electrons. The fourth-order valence-corrected chi connectivity index (χ4v) is 3.27. The van der Waals surface area contributed by atoms with Crippen molar-refractivity contribution < 1.29 is 0 Å². The molecule has 4 N–H and O–H groups in total. The first-order chi connectivity index (χ1) is 9.57. The van der Waals surface area contributed by atoms with Gasteiger partial charge in [-0.3, -0.25) is 5.41 Å². The van der Waals surface area contributed by atoms with Crippen molar-refractivity contribution in [1.29, 1.82) is 5.41 Å². The van der Waals surface area contributed by atoms with Crippen molar-refractivity contribution in [2.24, 2.45) is 0 Å². The molecule has 100 valence electrons. The van der Waals surface area contributed by atoms with Crippen molar-refractivity contribution in [3.63, 3.8) is 0 Å². The van der Waals surface area contributed by atoms with E-state index in [0.29, 0.717) is 5.84 Å². The molecule has 2 heterocycles. The minimum absolute atomic E-state index is 0.213. The Morgan fingerprint density at radius 2 is 2.20 bits per heavy atom. The molecular formula is C15H15N5. The van der Waals surface area contributed by atoms with Gasteiger partial charge in [0.15, 0.2) is 0 Å². The lowest BCUT2D eigenvalue weighted by molar-refractivity contribution is 0.323. The van der Waals surface area contributed by atoms with Crippen molar-refractivity contribution in [3.8, 4) is 0 Å². The molecule has 0 saturated heterocycles. The van der Waals surface area contributed by atoms with Gasteiger partial charge in [-0.2, -0.15) is 0 Å². The number of hydrogen-bond donors (Lipinski definition) is 3. The highest BCUT2D eigenvalue weighted by molar-refractivity contribution is 5.99. The number of rotatable bonds is 0. The molecule has 1 aromatic heterocycles. The number of amidine groups is 1. The number of benzene rings is 1. The van der Waals surface area contributed by atoms with Crippen LogP contribution in [0.3, 0.4) is 0 Å². The molecule has 1 aliphatic carbocycles. The maximum absolute atomic E-state index is 8.21. The molecule has 0 bridgehead atoms. The van der Waals surface area contributed by atoms with Crippen molar-refractivity contribution in [3.05, 3.63) is 52.6 Å². The molecular weight excluding hydrogens is 250 g/mol. The fraction of sp³-hybridized carbons (Fsp3) is 0.267. The van der Waals surface area contributed by atoms with Crippen LogP contribution < -0.4 is 11.1 Å². The van der Waals surface area contributed by atoms with Crippen LogP contribution in [0.4, 0.5) is 5.69 Å². The van der Waals surface area contributed by atoms with Crippen LogP contribution in [0.5, 0.6) is 0 Å². The molecule has 1 aromatic carbocycles. The number of aromatic nitrogens is 2. The molecule has 0 fully saturated rings. The molecule has 0 saturated carbocycles. The van der Waals surface area contributed by atoms with E-state index in [1.54, 1.807) is 6.20 Å². The SMILES string of the molecule is Cc1ncc2c(n1)C[C@]1(Cc3ccc(N)cc31)NC2=N. The number of nitrogen functional groups attached to an aromatic ring is 1. The highest BCUT2D eigenvalue weighted by atomic mass is 15.1. The third kappa shape index (κ3) is 1.40. The number of nitrogens with zero attached hydrogens (tertiary/aromatic N) is 2. The van der Waals surface area contributed by atoms with Gasteiger partial charge in [0, 0.05) is 24.7 Å². The van der Waals surface area contributed by atoms with E-state index >= 15 is 0 Å². The third-order valence-electron chi connectivity index (χ3n) is 4.23. The lowest BCUT2D eigenvalue weighted by Crippen LogP contribution is -2.58. The van der Waals surface area contributed by atoms with Gasteiger partial charge in [-0.25, -0.2) is 9.97 Å². The van der Waals surface area contributed by atoms with Crippen molar-refractivity contribution in [2.75, 3.05) is 5.73 Å². The second kappa shape index (κ2) is 3.56. The van der Waals surface area contributed by atoms with E-state index in [1.807, 2.05) is 19.1 Å². The first kappa shape index (κ1) is 11.4. The maximum atomic E-state index is 8.21. The smallest absolute Gasteiger partial charge is 0.129 e. The zero-order valence-corrected chi connectivity index (χ0v) is 11.2. The summed E-state index contributed by atoms with van der Waals surface area (Å²) in [6, 6.07) is 6.01. The Morgan fingerprint density at radius 1 is 1.35 bits per heavy atom. The van der Waals surface area contributed by atoms with Gasteiger partial charge >= 0.3 is 0 Å². The van der Waals surface area contributed by atoms with Gasteiger partial charge in [-0.15, -0.1) is 0 Å². The minimum Gasteiger partial charge on any atom is -0.399 e. The lowest BCUT2D eigenvalue weighted by atomic mass is 9.66. The van der Waals surface area contributed by atoms with Crippen LogP contribution in [-0.2, 0) is 18.4 Å². The maximum Gasteiger partial charge on any atom is 0.129 e. The summed E-state index contributed by atoms with van der Waals surface area (Å²) in [5.74, 6) is 1.15. The van der Waals surface area contributed by atoms with Crippen LogP contribution in [-0.4, -0.2) is 15.8 Å². The van der Waals surface area contributed by atoms with Gasteiger partial charge in [0.2, 0.25) is 0 Å². The Kier molecular flexibility index (Phi) is 2.03. The average Bonchev–Trinajstić information content (AvgIpc) is 2.40. The highest BCUT2D eigenvalue weighted by Gasteiger charge is 2.46. The van der Waals surface area contributed by atoms with E-state index in [-0.39, 0.29) is 5.54 Å². The molecule has 1 atom stereocenters. The summed E-state index contributed by atoms with van der Waals surface area (Å²) >= 11 is 0. The molecule has 0 unspecified atom stereocenters. The van der Waals surface area contributed by atoms with Crippen LogP contribution in [0.25, 0.3) is 0 Å². The van der Waals surface area contributed by atoms with Gasteiger partial charge < -0.3 is 11.1 Å². The predicted molar refractivity (Wildman–Crippen MR) is 76.7 cm³/mol. The molecule has 0 amide bonds. The molecule has 1 spiro atoms. The highest BCUT2D eigenvalue weighted by Crippen LogP contribution is 2.44. The topological polar surface area (TPSA) is 87.7 Å². The van der Waals surface area contributed by atoms with Crippen LogP contribution in [0.2, 0.25) is 0 Å². The summed E-state index contributed by atoms with van der Waals surface area (Å²) in [5, 5.41) is 11.5. The van der Waals surface area contributed by atoms with Crippen LogP contribution >= 0.6 is 0 Å². The number of nitrogens with one attached hydrogen (secondary N) is 2. The molecule has 2 aliphatic rings. The quantitative estimate of drug-likeness (QED) is 0.626. The summed E-state index contributed by atoms with van der Waals surface area (Å²) in [4.78, 5) is 8.69. The van der Waals surface area contributed by atoms with Crippen molar-refractivity contribution in [1.82, 2.24) is 15.3 Å². The second-order valence-corrected chi connectivity index (χ2v) is 5.63. The van der Waals surface area contributed by atoms with E-state index in [2.05, 4.69) is 21.4 Å². The number of hydrogen-bond acceptors (Lipinski definition) is 4. The van der Waals surface area contributed by atoms with Gasteiger partial charge in [-0.1, -0.05) is 6.07 Å². The number of nitrogens with two attached hydrogens (primary N) is 1. The fourth-order valence-electron chi connectivity index (χ4n) is 3.27. The first-order valence-electron chi connectivity index (χ1n) is 6.66. The number of fused-ring (bicyclic) bond motifs is 3. The Balaban J connectivity index is 1.83. The van der Waals surface area contributed by atoms with E-state index in [1.165, 1.54) is 11.1 Å². The van der Waals surface area contributed by atoms with E-state index in [9.17, 15) is 0 Å². The lowest BCUT2D eigenvalue weighted by Gasteiger charge is -2.48. The van der Waals surface area contributed by atoms with Gasteiger partial charge in [0.1, 0.15) is 11.7 Å². The van der Waals surface area contributed by atoms with E-state index in [4.69, 9.17) is 11.1 Å². The molecule has 5 heteroatoms. The molecule has 2 aromatic rings. The standard InChI is InChI=1S/C15H15N5/c1-8-18-7-11-13(19-8)6-15(20-14(11)17)5-9-2-3-10(16)4-12(9)15/h2-4,7H,5-6,16H2,1H3,(H2,17,20)/t15-/m0/s1. The van der Waals surface area contributed by atoms with Gasteiger partial charge in [-0.05, 0) is 30.2 Å². The third-order valence-corrected chi connectivity index (χ3v) is 4.23. The van der Waals surface area contributed by atoms with Gasteiger partial charge in [0.25, 0.3) is 0 Å². The van der Waals surface area contributed by atoms with E-state index in [0.717, 1.165) is 35.6 Å². The molecule has 5 nitrogen and oxygen atoms in total. The second-order valence-electron chi connectivity index (χ2n) is 5.63. The summed E-state index contributed by atoms with van der Waals surface area (Å²) in [5.41, 5.74) is 10.7. The van der Waals surface area contributed by atoms with Crippen LogP contribution in [0.1, 0.15) is 28.2 Å². The monoisotopic (exact) mass is 265 g/mol. The summed E-state index contributed by atoms with van der Waals surface area (Å²) < 4.78 is 0. The zero-order chi connectivity index (χ0) is 13.9. The normalized spacial score (nSPS) is 22.8. The summed E-state index contributed by atoms with van der Waals surface area (Å²) in [6.45, 7) is 1.88. The van der Waals surface area contributed by atoms with Crippen molar-refractivity contribution in [2.45, 2.75) is 25.3 Å². The molecule has 4 rings (SSSR count). The Hall–Kier alpha value is -2.43. The zero-order valence-electron chi connectivity index (χ0n) is 11.2. The number of aryl methyl sites for hydroxylation is 1. The molecule has 1 aliphatic heterocycles. The average molecular weight is 265 g/mol. The van der Waals surface area contributed by atoms with E-state index < -0.39 is 0 Å². The Labute approximate surface area is 116 Å². The molecule has 20 heavy (non-hydrogen) atoms. The Bertz CT molecular complexity index is 752. The first-order valence-corrected chi connectivity index (χ1v) is 6.66. The Morgan fingerprint density at radius 3 is 3.05 bits per heavy atom. The minimum atomic E-state index is -0.213. The predicted octanol–water partition coefficient (Wildman–Crippen LogP) is 1.29. The largest absolute Gasteiger partial charge is 0.399 e. The van der Waals surface area contributed by atoms with Crippen LogP contribution in [0.15, 0.2) is 24.4 Å². The number of anilines is 1. The van der Waals surface area contributed by atoms with Crippen molar-refractivity contribution >= 4 is 11.5 Å².